The van der Waals surface area contributed by atoms with Crippen LogP contribution in [0.15, 0.2) is 84.9 Å². The number of hydrogen-bond acceptors (Lipinski definition) is 5. The molecule has 0 unspecified atom stereocenters. The van der Waals surface area contributed by atoms with Gasteiger partial charge in [-0.3, -0.25) is 0 Å². The van der Waals surface area contributed by atoms with E-state index < -0.39 is 0 Å². The number of carbonyl (C=O) groups is 1. The van der Waals surface area contributed by atoms with Crippen LogP contribution in [0.1, 0.15) is 12.5 Å². The smallest absolute Gasteiger partial charge is 0.330 e. The highest BCUT2D eigenvalue weighted by Gasteiger charge is 2.13. The van der Waals surface area contributed by atoms with Crippen molar-refractivity contribution in [2.45, 2.75) is 6.92 Å². The minimum atomic E-state index is -0.363. The van der Waals surface area contributed by atoms with Gasteiger partial charge in [-0.25, -0.2) is 4.79 Å². The molecule has 0 atom stereocenters. The van der Waals surface area contributed by atoms with Crippen molar-refractivity contribution in [1.82, 2.24) is 0 Å². The van der Waals surface area contributed by atoms with Crippen LogP contribution >= 0.6 is 0 Å². The lowest BCUT2D eigenvalue weighted by atomic mass is 9.99. The van der Waals surface area contributed by atoms with Crippen LogP contribution in [0.2, 0.25) is 0 Å². The zero-order valence-electron chi connectivity index (χ0n) is 19.4. The topological polar surface area (TPSA) is 54.0 Å². The Bertz CT molecular complexity index is 1310. The van der Waals surface area contributed by atoms with E-state index in [9.17, 15) is 4.79 Å². The van der Waals surface area contributed by atoms with E-state index in [0.29, 0.717) is 12.4 Å². The highest BCUT2D eigenvalue weighted by molar-refractivity contribution is 5.96. The van der Waals surface area contributed by atoms with Gasteiger partial charge < -0.3 is 18.9 Å². The molecule has 5 heteroatoms. The lowest BCUT2D eigenvalue weighted by Gasteiger charge is -2.16. The monoisotopic (exact) mass is 454 g/mol. The van der Waals surface area contributed by atoms with Crippen molar-refractivity contribution in [3.05, 3.63) is 90.5 Å². The third kappa shape index (κ3) is 5.21. The summed E-state index contributed by atoms with van der Waals surface area (Å²) < 4.78 is 22.1. The van der Waals surface area contributed by atoms with Gasteiger partial charge in [-0.2, -0.15) is 0 Å². The van der Waals surface area contributed by atoms with Crippen LogP contribution in [0.5, 0.6) is 23.0 Å². The Labute approximate surface area is 199 Å². The van der Waals surface area contributed by atoms with Gasteiger partial charge in [0.05, 0.1) is 20.8 Å². The van der Waals surface area contributed by atoms with E-state index in [2.05, 4.69) is 12.1 Å². The van der Waals surface area contributed by atoms with Gasteiger partial charge in [0.15, 0.2) is 0 Å². The summed E-state index contributed by atoms with van der Waals surface area (Å²) in [5.74, 6) is 2.65. The molecule has 0 aliphatic carbocycles. The van der Waals surface area contributed by atoms with Gasteiger partial charge >= 0.3 is 5.97 Å². The van der Waals surface area contributed by atoms with Gasteiger partial charge in [-0.05, 0) is 78.0 Å². The minimum absolute atomic E-state index is 0.351. The van der Waals surface area contributed by atoms with Crippen LogP contribution in [0.3, 0.4) is 0 Å². The van der Waals surface area contributed by atoms with Crippen LogP contribution in [0.4, 0.5) is 0 Å². The lowest BCUT2D eigenvalue weighted by Crippen LogP contribution is -1.98. The van der Waals surface area contributed by atoms with Gasteiger partial charge in [0, 0.05) is 17.0 Å². The molecule has 0 fully saturated rings. The fourth-order valence-electron chi connectivity index (χ4n) is 3.63. The quantitative estimate of drug-likeness (QED) is 0.214. The first-order chi connectivity index (χ1) is 16.6. The second kappa shape index (κ2) is 10.6. The zero-order chi connectivity index (χ0) is 23.9. The van der Waals surface area contributed by atoms with Gasteiger partial charge in [0.1, 0.15) is 23.0 Å². The maximum atomic E-state index is 11.6. The Hall–Kier alpha value is -4.25. The molecule has 172 valence electrons. The minimum Gasteiger partial charge on any atom is -0.497 e. The Morgan fingerprint density at radius 3 is 2.15 bits per heavy atom. The van der Waals surface area contributed by atoms with E-state index in [1.165, 1.54) is 6.08 Å². The second-order valence-electron chi connectivity index (χ2n) is 7.51. The first kappa shape index (κ1) is 22.9. The van der Waals surface area contributed by atoms with Gasteiger partial charge in [0.25, 0.3) is 0 Å². The van der Waals surface area contributed by atoms with Gasteiger partial charge in [0.2, 0.25) is 0 Å². The number of methoxy groups -OCH3 is 2. The molecule has 0 spiro atoms. The highest BCUT2D eigenvalue weighted by atomic mass is 16.5. The van der Waals surface area contributed by atoms with Crippen LogP contribution in [-0.2, 0) is 9.53 Å². The number of benzene rings is 4. The molecule has 0 radical (unpaired) electrons. The molecule has 0 saturated carbocycles. The standard InChI is InChI=1S/C29H26O5/c1-4-33-28(30)18-7-20-5-11-24(12-6-20)34-29-26(21-8-13-23(31-2)14-9-21)16-10-22-19-25(32-3)15-17-27(22)29/h5-19H,4H2,1-3H3. The summed E-state index contributed by atoms with van der Waals surface area (Å²) in [5, 5.41) is 1.99. The number of rotatable bonds is 8. The van der Waals surface area contributed by atoms with Gasteiger partial charge in [-0.1, -0.05) is 30.3 Å². The molecule has 4 rings (SSSR count). The van der Waals surface area contributed by atoms with Crippen molar-refractivity contribution >= 4 is 22.8 Å². The summed E-state index contributed by atoms with van der Waals surface area (Å²) >= 11 is 0. The van der Waals surface area contributed by atoms with E-state index in [1.807, 2.05) is 66.7 Å². The zero-order valence-corrected chi connectivity index (χ0v) is 19.4. The van der Waals surface area contributed by atoms with E-state index in [1.54, 1.807) is 27.2 Å². The van der Waals surface area contributed by atoms with Crippen LogP contribution in [0.25, 0.3) is 28.0 Å². The number of hydrogen-bond donors (Lipinski definition) is 0. The first-order valence-corrected chi connectivity index (χ1v) is 11.0. The number of fused-ring (bicyclic) bond motifs is 1. The van der Waals surface area contributed by atoms with Crippen molar-refractivity contribution in [3.8, 4) is 34.1 Å². The Kier molecular flexibility index (Phi) is 7.13. The Morgan fingerprint density at radius 1 is 0.794 bits per heavy atom. The number of ether oxygens (including phenoxy) is 4. The molecule has 0 heterocycles. The lowest BCUT2D eigenvalue weighted by molar-refractivity contribution is -0.137. The van der Waals surface area contributed by atoms with E-state index in [4.69, 9.17) is 18.9 Å². The molecule has 0 aromatic heterocycles. The third-order valence-electron chi connectivity index (χ3n) is 5.38. The molecule has 0 aliphatic rings. The Balaban J connectivity index is 1.71. The number of carbonyl (C=O) groups excluding carboxylic acids is 1. The van der Waals surface area contributed by atoms with Crippen LogP contribution in [-0.4, -0.2) is 26.8 Å². The normalized spacial score (nSPS) is 10.9. The maximum absolute atomic E-state index is 11.6. The molecule has 4 aromatic rings. The average molecular weight is 455 g/mol. The maximum Gasteiger partial charge on any atom is 0.330 e. The molecule has 4 aromatic carbocycles. The summed E-state index contributed by atoms with van der Waals surface area (Å²) in [6.07, 6.45) is 3.13. The molecule has 0 saturated heterocycles. The highest BCUT2D eigenvalue weighted by Crippen LogP contribution is 2.41. The summed E-state index contributed by atoms with van der Waals surface area (Å²) in [5.41, 5.74) is 2.85. The van der Waals surface area contributed by atoms with Crippen molar-refractivity contribution in [2.24, 2.45) is 0 Å². The van der Waals surface area contributed by atoms with E-state index >= 15 is 0 Å². The first-order valence-electron chi connectivity index (χ1n) is 11.0. The summed E-state index contributed by atoms with van der Waals surface area (Å²) in [6.45, 7) is 2.13. The number of esters is 1. The largest absolute Gasteiger partial charge is 0.497 e. The Morgan fingerprint density at radius 2 is 1.47 bits per heavy atom. The predicted octanol–water partition coefficient (Wildman–Crippen LogP) is 6.89. The second-order valence-corrected chi connectivity index (χ2v) is 7.51. The molecular weight excluding hydrogens is 428 g/mol. The summed E-state index contributed by atoms with van der Waals surface area (Å²) in [7, 11) is 3.31. The summed E-state index contributed by atoms with van der Waals surface area (Å²) in [4.78, 5) is 11.6. The SMILES string of the molecule is CCOC(=O)C=Cc1ccc(Oc2c(-c3ccc(OC)cc3)ccc3cc(OC)ccc23)cc1. The van der Waals surface area contributed by atoms with Crippen molar-refractivity contribution in [2.75, 3.05) is 20.8 Å². The van der Waals surface area contributed by atoms with Crippen LogP contribution in [0, 0.1) is 0 Å². The van der Waals surface area contributed by atoms with Crippen LogP contribution < -0.4 is 14.2 Å². The van der Waals surface area contributed by atoms with Crippen molar-refractivity contribution in [1.29, 1.82) is 0 Å². The molecule has 34 heavy (non-hydrogen) atoms. The molecule has 0 amide bonds. The molecule has 5 nitrogen and oxygen atoms in total. The molecule has 0 N–H and O–H groups in total. The van der Waals surface area contributed by atoms with Crippen molar-refractivity contribution in [3.63, 3.8) is 0 Å². The third-order valence-corrected chi connectivity index (χ3v) is 5.38. The molecule has 0 bridgehead atoms. The molecule has 0 aliphatic heterocycles. The molecular formula is C29H26O5. The van der Waals surface area contributed by atoms with E-state index in [0.717, 1.165) is 44.7 Å². The summed E-state index contributed by atoms with van der Waals surface area (Å²) in [6, 6.07) is 25.5. The fourth-order valence-corrected chi connectivity index (χ4v) is 3.63. The fraction of sp³-hybridized carbons (Fsp3) is 0.138. The van der Waals surface area contributed by atoms with Crippen molar-refractivity contribution < 1.29 is 23.7 Å². The average Bonchev–Trinajstić information content (AvgIpc) is 2.88. The van der Waals surface area contributed by atoms with Gasteiger partial charge in [-0.15, -0.1) is 0 Å². The predicted molar refractivity (Wildman–Crippen MR) is 135 cm³/mol. The van der Waals surface area contributed by atoms with E-state index in [-0.39, 0.29) is 5.97 Å².